The first-order valence-electron chi connectivity index (χ1n) is 5.46. The quantitative estimate of drug-likeness (QED) is 0.580. The van der Waals surface area contributed by atoms with Gasteiger partial charge in [0, 0.05) is 12.6 Å². The average molecular weight is 167 g/mol. The largest absolute Gasteiger partial charge is 0.300 e. The van der Waals surface area contributed by atoms with Crippen LogP contribution in [0.3, 0.4) is 0 Å². The predicted molar refractivity (Wildman–Crippen MR) is 52.2 cm³/mol. The summed E-state index contributed by atoms with van der Waals surface area (Å²) in [7, 11) is 0. The summed E-state index contributed by atoms with van der Waals surface area (Å²) in [5.41, 5.74) is 0.780. The van der Waals surface area contributed by atoms with Crippen LogP contribution in [0.4, 0.5) is 0 Å². The van der Waals surface area contributed by atoms with Crippen LogP contribution in [0.15, 0.2) is 0 Å². The maximum Gasteiger partial charge on any atom is 0.00407 e. The van der Waals surface area contributed by atoms with Gasteiger partial charge in [0.15, 0.2) is 0 Å². The van der Waals surface area contributed by atoms with Gasteiger partial charge in [-0.1, -0.05) is 6.42 Å². The van der Waals surface area contributed by atoms with Gasteiger partial charge < -0.3 is 4.90 Å². The van der Waals surface area contributed by atoms with Crippen LogP contribution in [0.5, 0.6) is 0 Å². The smallest absolute Gasteiger partial charge is 0.00407 e. The maximum atomic E-state index is 2.67. The minimum atomic E-state index is 0.766. The SMILES string of the molecule is CC(C)N1CCCC2(CCC2)C1. The fraction of sp³-hybridized carbons (Fsp3) is 1.00. The van der Waals surface area contributed by atoms with E-state index in [-0.39, 0.29) is 0 Å². The number of hydrogen-bond donors (Lipinski definition) is 0. The van der Waals surface area contributed by atoms with Gasteiger partial charge in [0.25, 0.3) is 0 Å². The summed E-state index contributed by atoms with van der Waals surface area (Å²) in [6.07, 6.45) is 7.47. The van der Waals surface area contributed by atoms with E-state index < -0.39 is 0 Å². The van der Waals surface area contributed by atoms with Gasteiger partial charge in [0.1, 0.15) is 0 Å². The molecular formula is C11H21N. The Kier molecular flexibility index (Phi) is 2.16. The Balaban J connectivity index is 1.94. The van der Waals surface area contributed by atoms with Crippen molar-refractivity contribution in [3.63, 3.8) is 0 Å². The molecule has 70 valence electrons. The van der Waals surface area contributed by atoms with Crippen LogP contribution in [0.25, 0.3) is 0 Å². The average Bonchev–Trinajstić information content (AvgIpc) is 2.02. The maximum absolute atomic E-state index is 2.67. The van der Waals surface area contributed by atoms with Crippen molar-refractivity contribution in [1.29, 1.82) is 0 Å². The Morgan fingerprint density at radius 1 is 1.08 bits per heavy atom. The zero-order chi connectivity index (χ0) is 8.60. The zero-order valence-electron chi connectivity index (χ0n) is 8.47. The molecular weight excluding hydrogens is 146 g/mol. The monoisotopic (exact) mass is 167 g/mol. The summed E-state index contributed by atoms with van der Waals surface area (Å²) in [5, 5.41) is 0. The van der Waals surface area contributed by atoms with Gasteiger partial charge in [-0.25, -0.2) is 0 Å². The van der Waals surface area contributed by atoms with E-state index in [1.807, 2.05) is 0 Å². The summed E-state index contributed by atoms with van der Waals surface area (Å²) in [6.45, 7) is 7.40. The summed E-state index contributed by atoms with van der Waals surface area (Å²) in [5.74, 6) is 0. The van der Waals surface area contributed by atoms with Gasteiger partial charge in [-0.2, -0.15) is 0 Å². The van der Waals surface area contributed by atoms with E-state index in [9.17, 15) is 0 Å². The van der Waals surface area contributed by atoms with Crippen molar-refractivity contribution in [1.82, 2.24) is 4.90 Å². The summed E-state index contributed by atoms with van der Waals surface area (Å²) >= 11 is 0. The van der Waals surface area contributed by atoms with E-state index in [2.05, 4.69) is 18.7 Å². The Hall–Kier alpha value is -0.0400. The van der Waals surface area contributed by atoms with Crippen molar-refractivity contribution in [2.24, 2.45) is 5.41 Å². The molecule has 0 atom stereocenters. The van der Waals surface area contributed by atoms with E-state index in [1.165, 1.54) is 45.2 Å². The van der Waals surface area contributed by atoms with Crippen LogP contribution in [0.1, 0.15) is 46.0 Å². The predicted octanol–water partition coefficient (Wildman–Crippen LogP) is 2.66. The Morgan fingerprint density at radius 2 is 1.75 bits per heavy atom. The molecule has 1 aliphatic heterocycles. The number of hydrogen-bond acceptors (Lipinski definition) is 1. The second kappa shape index (κ2) is 3.02. The lowest BCUT2D eigenvalue weighted by Gasteiger charge is -2.50. The van der Waals surface area contributed by atoms with E-state index >= 15 is 0 Å². The highest BCUT2D eigenvalue weighted by Crippen LogP contribution is 2.47. The second-order valence-corrected chi connectivity index (χ2v) is 5.02. The molecule has 2 aliphatic rings. The first-order valence-corrected chi connectivity index (χ1v) is 5.46. The molecule has 1 saturated heterocycles. The first kappa shape index (κ1) is 8.55. The fourth-order valence-electron chi connectivity index (χ4n) is 2.77. The van der Waals surface area contributed by atoms with Crippen LogP contribution < -0.4 is 0 Å². The number of nitrogens with zero attached hydrogens (tertiary/aromatic N) is 1. The zero-order valence-corrected chi connectivity index (χ0v) is 8.47. The molecule has 0 aromatic heterocycles. The third kappa shape index (κ3) is 1.39. The lowest BCUT2D eigenvalue weighted by molar-refractivity contribution is 0.00642. The van der Waals surface area contributed by atoms with Crippen molar-refractivity contribution in [3.8, 4) is 0 Å². The lowest BCUT2D eigenvalue weighted by atomic mass is 9.64. The molecule has 1 aliphatic carbocycles. The van der Waals surface area contributed by atoms with E-state index in [0.717, 1.165) is 11.5 Å². The summed E-state index contributed by atoms with van der Waals surface area (Å²) in [4.78, 5) is 2.67. The Labute approximate surface area is 76.1 Å². The molecule has 0 bridgehead atoms. The van der Waals surface area contributed by atoms with Crippen molar-refractivity contribution < 1.29 is 0 Å². The highest BCUT2D eigenvalue weighted by Gasteiger charge is 2.40. The van der Waals surface area contributed by atoms with Crippen molar-refractivity contribution in [2.75, 3.05) is 13.1 Å². The summed E-state index contributed by atoms with van der Waals surface area (Å²) < 4.78 is 0. The van der Waals surface area contributed by atoms with Gasteiger partial charge >= 0.3 is 0 Å². The summed E-state index contributed by atoms with van der Waals surface area (Å²) in [6, 6.07) is 0.766. The number of rotatable bonds is 1. The fourth-order valence-corrected chi connectivity index (χ4v) is 2.77. The van der Waals surface area contributed by atoms with Crippen molar-refractivity contribution in [3.05, 3.63) is 0 Å². The Bertz CT molecular complexity index is 158. The number of piperidine rings is 1. The highest BCUT2D eigenvalue weighted by molar-refractivity contribution is 4.93. The molecule has 0 aromatic rings. The van der Waals surface area contributed by atoms with Crippen LogP contribution in [0.2, 0.25) is 0 Å². The Morgan fingerprint density at radius 3 is 2.25 bits per heavy atom. The molecule has 0 aromatic carbocycles. The van der Waals surface area contributed by atoms with Crippen LogP contribution in [0, 0.1) is 5.41 Å². The van der Waals surface area contributed by atoms with Gasteiger partial charge in [-0.05, 0) is 51.5 Å². The molecule has 2 rings (SSSR count). The van der Waals surface area contributed by atoms with E-state index in [1.54, 1.807) is 0 Å². The molecule has 1 heteroatoms. The molecule has 1 spiro atoms. The molecule has 0 amide bonds. The number of likely N-dealkylation sites (tertiary alicyclic amines) is 1. The normalized spacial score (nSPS) is 29.2. The standard InChI is InChI=1S/C11H21N/c1-10(2)12-8-4-7-11(9-12)5-3-6-11/h10H,3-9H2,1-2H3. The third-order valence-electron chi connectivity index (χ3n) is 3.84. The van der Waals surface area contributed by atoms with Crippen molar-refractivity contribution in [2.45, 2.75) is 52.0 Å². The second-order valence-electron chi connectivity index (χ2n) is 5.02. The van der Waals surface area contributed by atoms with Crippen LogP contribution >= 0.6 is 0 Å². The molecule has 0 N–H and O–H groups in total. The van der Waals surface area contributed by atoms with Crippen molar-refractivity contribution >= 4 is 0 Å². The molecule has 2 fully saturated rings. The van der Waals surface area contributed by atoms with Gasteiger partial charge in [0.05, 0.1) is 0 Å². The lowest BCUT2D eigenvalue weighted by Crippen LogP contribution is -2.49. The highest BCUT2D eigenvalue weighted by atomic mass is 15.2. The molecule has 1 heterocycles. The topological polar surface area (TPSA) is 3.24 Å². The minimum Gasteiger partial charge on any atom is -0.300 e. The molecule has 1 nitrogen and oxygen atoms in total. The molecule has 12 heavy (non-hydrogen) atoms. The molecule has 1 saturated carbocycles. The van der Waals surface area contributed by atoms with Crippen LogP contribution in [-0.4, -0.2) is 24.0 Å². The third-order valence-corrected chi connectivity index (χ3v) is 3.84. The molecule has 0 radical (unpaired) electrons. The van der Waals surface area contributed by atoms with Gasteiger partial charge in [0.2, 0.25) is 0 Å². The van der Waals surface area contributed by atoms with E-state index in [0.29, 0.717) is 0 Å². The minimum absolute atomic E-state index is 0.766. The van der Waals surface area contributed by atoms with Gasteiger partial charge in [-0.15, -0.1) is 0 Å². The van der Waals surface area contributed by atoms with E-state index in [4.69, 9.17) is 0 Å². The van der Waals surface area contributed by atoms with Crippen LogP contribution in [-0.2, 0) is 0 Å². The first-order chi connectivity index (χ1) is 5.72. The molecule has 0 unspecified atom stereocenters. The van der Waals surface area contributed by atoms with Gasteiger partial charge in [-0.3, -0.25) is 0 Å².